The van der Waals surface area contributed by atoms with E-state index in [9.17, 15) is 8.42 Å². The molecule has 6 rings (SSSR count). The molecule has 5 heterocycles. The average molecular weight is 548 g/mol. The molecule has 0 bridgehead atoms. The summed E-state index contributed by atoms with van der Waals surface area (Å²) in [5.74, 6) is 0.223. The van der Waals surface area contributed by atoms with E-state index in [0.717, 1.165) is 11.2 Å². The highest BCUT2D eigenvalue weighted by molar-refractivity contribution is 7.88. The molecule has 0 unspecified atom stereocenters. The van der Waals surface area contributed by atoms with Gasteiger partial charge in [-0.25, -0.2) is 22.8 Å². The molecule has 13 heteroatoms. The van der Waals surface area contributed by atoms with Crippen LogP contribution >= 0.6 is 11.6 Å². The van der Waals surface area contributed by atoms with Crippen molar-refractivity contribution in [1.82, 2.24) is 28.6 Å². The number of fused-ring (bicyclic) bond motifs is 2. The predicted octanol–water partition coefficient (Wildman–Crippen LogP) is 2.58. The van der Waals surface area contributed by atoms with Gasteiger partial charge in [-0.15, -0.1) is 0 Å². The Morgan fingerprint density at radius 1 is 1.08 bits per heavy atom. The monoisotopic (exact) mass is 547 g/mol. The second-order valence-electron chi connectivity index (χ2n) is 9.40. The Morgan fingerprint density at radius 3 is 2.57 bits per heavy atom. The molecule has 10 nitrogen and oxygen atoms in total. The Labute approximate surface area is 218 Å². The molecule has 196 valence electrons. The quantitative estimate of drug-likeness (QED) is 0.410. The number of sulfonamides is 1. The highest BCUT2D eigenvalue weighted by Gasteiger charge is 2.27. The van der Waals surface area contributed by atoms with Crippen molar-refractivity contribution in [2.24, 2.45) is 0 Å². The molecular weight excluding hydrogens is 521 g/mol. The van der Waals surface area contributed by atoms with Crippen LogP contribution in [-0.4, -0.2) is 95.7 Å². The van der Waals surface area contributed by atoms with Crippen molar-refractivity contribution in [2.75, 3.05) is 63.6 Å². The van der Waals surface area contributed by atoms with E-state index in [1.807, 2.05) is 12.3 Å². The summed E-state index contributed by atoms with van der Waals surface area (Å²) in [5, 5.41) is 0.978. The van der Waals surface area contributed by atoms with Crippen LogP contribution in [0.4, 0.5) is 10.2 Å². The number of halogens is 2. The lowest BCUT2D eigenvalue weighted by atomic mass is 10.1. The van der Waals surface area contributed by atoms with Crippen LogP contribution in [0.25, 0.3) is 27.8 Å². The molecule has 2 aliphatic rings. The number of nitrogens with zero attached hydrogens (tertiary/aromatic N) is 6. The fourth-order valence-corrected chi connectivity index (χ4v) is 6.16. The minimum atomic E-state index is -3.20. The summed E-state index contributed by atoms with van der Waals surface area (Å²) >= 11 is 6.91. The molecule has 0 radical (unpaired) electrons. The smallest absolute Gasteiger partial charge is 0.211 e. The maximum Gasteiger partial charge on any atom is 0.211 e. The lowest BCUT2D eigenvalue weighted by Gasteiger charge is -2.32. The first-order valence-electron chi connectivity index (χ1n) is 12.1. The normalized spacial score (nSPS) is 18.3. The summed E-state index contributed by atoms with van der Waals surface area (Å²) in [5.41, 5.74) is 2.86. The Bertz CT molecular complexity index is 1570. The third kappa shape index (κ3) is 4.57. The first-order valence-corrected chi connectivity index (χ1v) is 14.4. The maximum absolute atomic E-state index is 15.2. The van der Waals surface area contributed by atoms with Gasteiger partial charge >= 0.3 is 0 Å². The van der Waals surface area contributed by atoms with Gasteiger partial charge < -0.3 is 14.6 Å². The Balaban J connectivity index is 1.42. The number of benzene rings is 1. The summed E-state index contributed by atoms with van der Waals surface area (Å²) in [7, 11) is -3.20. The fourth-order valence-electron chi connectivity index (χ4n) is 5.07. The highest BCUT2D eigenvalue weighted by Crippen LogP contribution is 2.37. The largest absolute Gasteiger partial charge is 0.378 e. The molecule has 3 aromatic heterocycles. The first kappa shape index (κ1) is 24.6. The Morgan fingerprint density at radius 2 is 1.84 bits per heavy atom. The minimum Gasteiger partial charge on any atom is -0.378 e. The SMILES string of the molecule is CS(=O)(=O)N1CCN(Cc2cn3c(Cl)c(-c4c(F)ccc5[nH]ccc45)nc(N4CCOCC4)c3n2)CC1. The van der Waals surface area contributed by atoms with E-state index < -0.39 is 15.8 Å². The third-order valence-corrected chi connectivity index (χ3v) is 8.66. The van der Waals surface area contributed by atoms with Crippen LogP contribution in [0.2, 0.25) is 5.15 Å². The molecule has 2 fully saturated rings. The van der Waals surface area contributed by atoms with Gasteiger partial charge in [-0.2, -0.15) is 4.31 Å². The molecule has 4 aromatic rings. The third-order valence-electron chi connectivity index (χ3n) is 7.00. The molecule has 2 saturated heterocycles. The molecule has 2 aliphatic heterocycles. The number of aromatic amines is 1. The van der Waals surface area contributed by atoms with E-state index in [-0.39, 0.29) is 5.15 Å². The highest BCUT2D eigenvalue weighted by atomic mass is 35.5. The van der Waals surface area contributed by atoms with Crippen molar-refractivity contribution in [1.29, 1.82) is 0 Å². The number of piperazine rings is 1. The van der Waals surface area contributed by atoms with Crippen LogP contribution in [0, 0.1) is 5.82 Å². The van der Waals surface area contributed by atoms with Gasteiger partial charge in [-0.3, -0.25) is 9.30 Å². The topological polar surface area (TPSA) is 99.1 Å². The van der Waals surface area contributed by atoms with E-state index >= 15 is 4.39 Å². The molecule has 0 amide bonds. The van der Waals surface area contributed by atoms with Gasteiger partial charge in [-0.05, 0) is 18.2 Å². The zero-order valence-corrected chi connectivity index (χ0v) is 21.9. The number of rotatable bonds is 5. The number of anilines is 1. The summed E-state index contributed by atoms with van der Waals surface area (Å²) in [6.07, 6.45) is 4.87. The summed E-state index contributed by atoms with van der Waals surface area (Å²) in [6.45, 7) is 5.03. The average Bonchev–Trinajstić information content (AvgIpc) is 3.53. The van der Waals surface area contributed by atoms with Gasteiger partial charge in [0.2, 0.25) is 10.0 Å². The van der Waals surface area contributed by atoms with Crippen LogP contribution in [0.5, 0.6) is 0 Å². The maximum atomic E-state index is 15.2. The van der Waals surface area contributed by atoms with Crippen LogP contribution in [0.3, 0.4) is 0 Å². The molecule has 0 aliphatic carbocycles. The van der Waals surface area contributed by atoms with Gasteiger partial charge in [0.1, 0.15) is 16.7 Å². The van der Waals surface area contributed by atoms with Crippen molar-refractivity contribution < 1.29 is 17.5 Å². The standard InChI is InChI=1S/C24H27ClFN7O3S/c1-37(34,35)32-8-6-30(7-9-32)14-16-15-33-22(25)21(20-17-4-5-27-19(17)3-2-18(20)26)29-23(24(33)28-16)31-10-12-36-13-11-31/h2-5,15,27H,6-14H2,1H3. The number of morpholine rings is 1. The van der Waals surface area contributed by atoms with Crippen LogP contribution in [0.15, 0.2) is 30.6 Å². The predicted molar refractivity (Wildman–Crippen MR) is 140 cm³/mol. The van der Waals surface area contributed by atoms with Crippen molar-refractivity contribution >= 4 is 44.0 Å². The molecule has 0 saturated carbocycles. The Hall–Kier alpha value is -2.77. The van der Waals surface area contributed by atoms with Gasteiger partial charge in [0.05, 0.1) is 25.2 Å². The van der Waals surface area contributed by atoms with Crippen molar-refractivity contribution in [2.45, 2.75) is 6.54 Å². The number of ether oxygens (including phenoxy) is 1. The van der Waals surface area contributed by atoms with Gasteiger partial charge in [0.25, 0.3) is 0 Å². The fraction of sp³-hybridized carbons (Fsp3) is 0.417. The summed E-state index contributed by atoms with van der Waals surface area (Å²) < 4.78 is 47.8. The number of aromatic nitrogens is 4. The molecule has 37 heavy (non-hydrogen) atoms. The van der Waals surface area contributed by atoms with Crippen LogP contribution in [-0.2, 0) is 21.3 Å². The van der Waals surface area contributed by atoms with Crippen molar-refractivity contribution in [3.05, 3.63) is 47.3 Å². The molecule has 1 aromatic carbocycles. The molecular formula is C24H27ClFN7O3S. The van der Waals surface area contributed by atoms with Gasteiger partial charge in [0.15, 0.2) is 11.5 Å². The number of hydrogen-bond donors (Lipinski definition) is 1. The van der Waals surface area contributed by atoms with E-state index in [4.69, 9.17) is 26.3 Å². The minimum absolute atomic E-state index is 0.278. The molecule has 0 atom stereocenters. The van der Waals surface area contributed by atoms with Crippen molar-refractivity contribution in [3.63, 3.8) is 0 Å². The lowest BCUT2D eigenvalue weighted by Crippen LogP contribution is -2.47. The van der Waals surface area contributed by atoms with E-state index in [1.165, 1.54) is 16.6 Å². The van der Waals surface area contributed by atoms with Gasteiger partial charge in [-0.1, -0.05) is 11.6 Å². The number of imidazole rings is 1. The molecule has 0 spiro atoms. The summed E-state index contributed by atoms with van der Waals surface area (Å²) in [4.78, 5) is 17.2. The number of hydrogen-bond acceptors (Lipinski definition) is 7. The molecule has 1 N–H and O–H groups in total. The number of H-pyrrole nitrogens is 1. The van der Waals surface area contributed by atoms with Crippen LogP contribution in [0.1, 0.15) is 5.69 Å². The van der Waals surface area contributed by atoms with Crippen molar-refractivity contribution in [3.8, 4) is 11.3 Å². The Kier molecular flexibility index (Phi) is 6.32. The zero-order valence-electron chi connectivity index (χ0n) is 20.3. The van der Waals surface area contributed by atoms with E-state index in [0.29, 0.717) is 87.1 Å². The second-order valence-corrected chi connectivity index (χ2v) is 11.7. The zero-order chi connectivity index (χ0) is 25.7. The van der Waals surface area contributed by atoms with Gasteiger partial charge in [0, 0.05) is 74.7 Å². The number of nitrogens with one attached hydrogen (secondary N) is 1. The second kappa shape index (κ2) is 9.52. The van der Waals surface area contributed by atoms with Crippen LogP contribution < -0.4 is 4.90 Å². The van der Waals surface area contributed by atoms with E-state index in [1.54, 1.807) is 16.7 Å². The summed E-state index contributed by atoms with van der Waals surface area (Å²) in [6, 6.07) is 4.93. The first-order chi connectivity index (χ1) is 17.8. The van der Waals surface area contributed by atoms with E-state index in [2.05, 4.69) is 14.8 Å². The lowest BCUT2D eigenvalue weighted by molar-refractivity contribution is 0.122.